The van der Waals surface area contributed by atoms with E-state index in [1.165, 1.54) is 0 Å². The molecular formula is C13H20N2OS2. The standard InChI is InChI=1S/C13H20N2OS2/c1-9(2)15-5-4-11(14-15)8-12(16)13-10(3)17-6-7-18-13/h4-5,9-10,13H,6-8H2,1-3H3. The van der Waals surface area contributed by atoms with Crippen molar-refractivity contribution in [2.24, 2.45) is 0 Å². The van der Waals surface area contributed by atoms with E-state index in [9.17, 15) is 4.79 Å². The number of hydrogen-bond donors (Lipinski definition) is 0. The molecule has 0 aliphatic carbocycles. The van der Waals surface area contributed by atoms with Crippen LogP contribution < -0.4 is 0 Å². The average Bonchev–Trinajstić information content (AvgIpc) is 2.78. The molecule has 2 rings (SSSR count). The summed E-state index contributed by atoms with van der Waals surface area (Å²) in [7, 11) is 0. The van der Waals surface area contributed by atoms with E-state index >= 15 is 0 Å². The van der Waals surface area contributed by atoms with Crippen LogP contribution in [0.15, 0.2) is 12.3 Å². The monoisotopic (exact) mass is 284 g/mol. The Labute approximate surface area is 117 Å². The first kappa shape index (κ1) is 14.0. The Morgan fingerprint density at radius 1 is 1.50 bits per heavy atom. The fraction of sp³-hybridized carbons (Fsp3) is 0.692. The van der Waals surface area contributed by atoms with Crippen molar-refractivity contribution in [3.05, 3.63) is 18.0 Å². The molecule has 100 valence electrons. The number of thioether (sulfide) groups is 2. The van der Waals surface area contributed by atoms with E-state index in [1.54, 1.807) is 11.8 Å². The van der Waals surface area contributed by atoms with E-state index in [2.05, 4.69) is 25.9 Å². The Balaban J connectivity index is 1.97. The van der Waals surface area contributed by atoms with Crippen molar-refractivity contribution < 1.29 is 4.79 Å². The zero-order valence-electron chi connectivity index (χ0n) is 11.1. The van der Waals surface area contributed by atoms with Gasteiger partial charge in [0.2, 0.25) is 0 Å². The molecule has 1 fully saturated rings. The van der Waals surface area contributed by atoms with Gasteiger partial charge in [-0.25, -0.2) is 0 Å². The van der Waals surface area contributed by atoms with Crippen molar-refractivity contribution in [1.82, 2.24) is 9.78 Å². The third-order valence-electron chi connectivity index (χ3n) is 3.05. The van der Waals surface area contributed by atoms with Crippen LogP contribution in [-0.4, -0.2) is 37.6 Å². The molecular weight excluding hydrogens is 264 g/mol. The van der Waals surface area contributed by atoms with Crippen LogP contribution in [0.1, 0.15) is 32.5 Å². The number of carbonyl (C=O) groups is 1. The Morgan fingerprint density at radius 2 is 2.22 bits per heavy atom. The van der Waals surface area contributed by atoms with Gasteiger partial charge in [-0.3, -0.25) is 9.48 Å². The first-order valence-corrected chi connectivity index (χ1v) is 8.47. The predicted molar refractivity (Wildman–Crippen MR) is 79.5 cm³/mol. The maximum atomic E-state index is 12.3. The Hall–Kier alpha value is -0.420. The summed E-state index contributed by atoms with van der Waals surface area (Å²) in [6.07, 6.45) is 2.43. The minimum absolute atomic E-state index is 0.146. The summed E-state index contributed by atoms with van der Waals surface area (Å²) in [6, 6.07) is 2.32. The van der Waals surface area contributed by atoms with Gasteiger partial charge in [-0.05, 0) is 19.9 Å². The highest BCUT2D eigenvalue weighted by atomic mass is 32.2. The third-order valence-corrected chi connectivity index (χ3v) is 6.19. The molecule has 0 aromatic carbocycles. The molecule has 0 spiro atoms. The Kier molecular flexibility index (Phi) is 4.78. The predicted octanol–water partition coefficient (Wildman–Crippen LogP) is 2.81. The van der Waals surface area contributed by atoms with Gasteiger partial charge in [0.1, 0.15) is 0 Å². The van der Waals surface area contributed by atoms with Gasteiger partial charge >= 0.3 is 0 Å². The number of carbonyl (C=O) groups excluding carboxylic acids is 1. The fourth-order valence-electron chi connectivity index (χ4n) is 2.03. The van der Waals surface area contributed by atoms with Crippen molar-refractivity contribution in [2.45, 2.75) is 43.7 Å². The first-order chi connectivity index (χ1) is 8.58. The Morgan fingerprint density at radius 3 is 2.83 bits per heavy atom. The third kappa shape index (κ3) is 3.32. The van der Waals surface area contributed by atoms with Crippen LogP contribution in [-0.2, 0) is 11.2 Å². The van der Waals surface area contributed by atoms with Crippen LogP contribution in [0.2, 0.25) is 0 Å². The molecule has 0 bridgehead atoms. The largest absolute Gasteiger partial charge is 0.298 e. The van der Waals surface area contributed by atoms with Crippen LogP contribution >= 0.6 is 23.5 Å². The lowest BCUT2D eigenvalue weighted by molar-refractivity contribution is -0.117. The smallest absolute Gasteiger partial charge is 0.152 e. The molecule has 1 saturated heterocycles. The van der Waals surface area contributed by atoms with Crippen LogP contribution in [0.3, 0.4) is 0 Å². The molecule has 0 saturated carbocycles. The number of rotatable bonds is 4. The quantitative estimate of drug-likeness (QED) is 0.851. The van der Waals surface area contributed by atoms with Crippen molar-refractivity contribution in [1.29, 1.82) is 0 Å². The van der Waals surface area contributed by atoms with E-state index in [0.717, 1.165) is 17.2 Å². The van der Waals surface area contributed by atoms with Crippen LogP contribution in [0.4, 0.5) is 0 Å². The Bertz CT molecular complexity index is 417. The van der Waals surface area contributed by atoms with Crippen molar-refractivity contribution in [2.75, 3.05) is 11.5 Å². The average molecular weight is 284 g/mol. The molecule has 1 aromatic heterocycles. The van der Waals surface area contributed by atoms with Crippen molar-refractivity contribution >= 4 is 29.3 Å². The molecule has 0 amide bonds. The summed E-state index contributed by atoms with van der Waals surface area (Å²) in [5.74, 6) is 2.58. The minimum atomic E-state index is 0.146. The van der Waals surface area contributed by atoms with Crippen LogP contribution in [0.5, 0.6) is 0 Å². The summed E-state index contributed by atoms with van der Waals surface area (Å²) in [4.78, 5) is 12.3. The van der Waals surface area contributed by atoms with E-state index < -0.39 is 0 Å². The molecule has 5 heteroatoms. The van der Waals surface area contributed by atoms with Gasteiger partial charge in [-0.2, -0.15) is 16.9 Å². The lowest BCUT2D eigenvalue weighted by atomic mass is 10.1. The number of hydrogen-bond acceptors (Lipinski definition) is 4. The van der Waals surface area contributed by atoms with Gasteiger partial charge in [0.15, 0.2) is 5.78 Å². The maximum Gasteiger partial charge on any atom is 0.152 e. The molecule has 2 heterocycles. The van der Waals surface area contributed by atoms with Crippen molar-refractivity contribution in [3.63, 3.8) is 0 Å². The minimum Gasteiger partial charge on any atom is -0.298 e. The van der Waals surface area contributed by atoms with Crippen LogP contribution in [0, 0.1) is 0 Å². The van der Waals surface area contributed by atoms with E-state index in [1.807, 2.05) is 28.7 Å². The number of nitrogens with zero attached hydrogens (tertiary/aromatic N) is 2. The summed E-state index contributed by atoms with van der Waals surface area (Å²) in [5.41, 5.74) is 0.900. The first-order valence-electron chi connectivity index (χ1n) is 6.38. The zero-order chi connectivity index (χ0) is 13.1. The van der Waals surface area contributed by atoms with E-state index in [-0.39, 0.29) is 5.25 Å². The molecule has 2 atom stereocenters. The molecule has 1 aliphatic heterocycles. The molecule has 0 N–H and O–H groups in total. The normalized spacial score (nSPS) is 24.4. The lowest BCUT2D eigenvalue weighted by Crippen LogP contribution is -2.32. The number of ketones is 1. The van der Waals surface area contributed by atoms with E-state index in [0.29, 0.717) is 23.5 Å². The van der Waals surface area contributed by atoms with Gasteiger partial charge in [-0.1, -0.05) is 6.92 Å². The topological polar surface area (TPSA) is 34.9 Å². The summed E-state index contributed by atoms with van der Waals surface area (Å²) in [6.45, 7) is 6.34. The second-order valence-corrected chi connectivity index (χ2v) is 7.63. The highest BCUT2D eigenvalue weighted by Crippen LogP contribution is 2.32. The summed E-state index contributed by atoms with van der Waals surface area (Å²) >= 11 is 3.71. The maximum absolute atomic E-state index is 12.3. The van der Waals surface area contributed by atoms with E-state index in [4.69, 9.17) is 0 Å². The summed E-state index contributed by atoms with van der Waals surface area (Å²) < 4.78 is 1.91. The molecule has 3 nitrogen and oxygen atoms in total. The summed E-state index contributed by atoms with van der Waals surface area (Å²) in [5, 5.41) is 5.03. The van der Waals surface area contributed by atoms with Crippen LogP contribution in [0.25, 0.3) is 0 Å². The molecule has 1 aromatic rings. The van der Waals surface area contributed by atoms with Gasteiger partial charge in [-0.15, -0.1) is 11.8 Å². The SMILES string of the molecule is CC1SCCSC1C(=O)Cc1ccn(C(C)C)n1. The highest BCUT2D eigenvalue weighted by Gasteiger charge is 2.29. The van der Waals surface area contributed by atoms with Gasteiger partial charge in [0.25, 0.3) is 0 Å². The fourth-order valence-corrected chi connectivity index (χ4v) is 4.76. The second-order valence-electron chi connectivity index (χ2n) is 4.89. The lowest BCUT2D eigenvalue weighted by Gasteiger charge is -2.26. The van der Waals surface area contributed by atoms with Gasteiger partial charge in [0.05, 0.1) is 17.4 Å². The molecule has 18 heavy (non-hydrogen) atoms. The molecule has 0 radical (unpaired) electrons. The number of aromatic nitrogens is 2. The van der Waals surface area contributed by atoms with Crippen molar-refractivity contribution in [3.8, 4) is 0 Å². The molecule has 2 unspecified atom stereocenters. The second kappa shape index (κ2) is 6.15. The highest BCUT2D eigenvalue weighted by molar-refractivity contribution is 8.07. The van der Waals surface area contributed by atoms with Gasteiger partial charge in [0, 0.05) is 29.0 Å². The zero-order valence-corrected chi connectivity index (χ0v) is 12.8. The number of Topliss-reactive ketones (excluding diaryl/α,β-unsaturated/α-hetero) is 1. The van der Waals surface area contributed by atoms with Gasteiger partial charge < -0.3 is 0 Å². The molecule has 1 aliphatic rings.